The molecule has 1 fully saturated rings. The van der Waals surface area contributed by atoms with Crippen molar-refractivity contribution < 1.29 is 9.47 Å². The average Bonchev–Trinajstić information content (AvgIpc) is 2.94. The van der Waals surface area contributed by atoms with Gasteiger partial charge in [-0.25, -0.2) is 0 Å². The van der Waals surface area contributed by atoms with Crippen LogP contribution in [0.2, 0.25) is 0 Å². The molecule has 2 atom stereocenters. The lowest BCUT2D eigenvalue weighted by molar-refractivity contribution is 0.171. The molecule has 4 nitrogen and oxygen atoms in total. The maximum absolute atomic E-state index is 5.80. The Hall–Kier alpha value is -1.26. The lowest BCUT2D eigenvalue weighted by Crippen LogP contribution is -2.20. The van der Waals surface area contributed by atoms with Gasteiger partial charge in [0.15, 0.2) is 11.5 Å². The van der Waals surface area contributed by atoms with E-state index in [1.165, 1.54) is 11.1 Å². The van der Waals surface area contributed by atoms with Gasteiger partial charge in [-0.05, 0) is 44.5 Å². The molecule has 4 heteroatoms. The molecule has 0 aromatic heterocycles. The molecule has 1 aromatic rings. The third-order valence-corrected chi connectivity index (χ3v) is 3.97. The third-order valence-electron chi connectivity index (χ3n) is 3.97. The van der Waals surface area contributed by atoms with Crippen molar-refractivity contribution in [3.8, 4) is 11.5 Å². The molecule has 98 valence electrons. The van der Waals surface area contributed by atoms with Crippen molar-refractivity contribution in [2.45, 2.75) is 19.4 Å². The summed E-state index contributed by atoms with van der Waals surface area (Å²) in [5.41, 5.74) is 8.27. The average molecular weight is 248 g/mol. The Balaban J connectivity index is 1.97. The molecule has 2 aliphatic rings. The van der Waals surface area contributed by atoms with Gasteiger partial charge in [0.2, 0.25) is 6.79 Å². The van der Waals surface area contributed by atoms with Gasteiger partial charge in [0.1, 0.15) is 0 Å². The van der Waals surface area contributed by atoms with Gasteiger partial charge >= 0.3 is 0 Å². The van der Waals surface area contributed by atoms with Crippen LogP contribution in [0.5, 0.6) is 11.5 Å². The topological polar surface area (TPSA) is 47.7 Å². The first-order valence-electron chi connectivity index (χ1n) is 6.49. The number of hydrogen-bond donors (Lipinski definition) is 1. The van der Waals surface area contributed by atoms with Gasteiger partial charge in [-0.15, -0.1) is 0 Å². The molecule has 2 N–H and O–H groups in total. The van der Waals surface area contributed by atoms with Crippen molar-refractivity contribution in [1.29, 1.82) is 0 Å². The highest BCUT2D eigenvalue weighted by Crippen LogP contribution is 2.45. The Kier molecular flexibility index (Phi) is 2.92. The first-order chi connectivity index (χ1) is 8.69. The number of fused-ring (bicyclic) bond motifs is 1. The second kappa shape index (κ2) is 4.44. The summed E-state index contributed by atoms with van der Waals surface area (Å²) in [6.45, 7) is 4.25. The number of likely N-dealkylation sites (tertiary alicyclic amines) is 1. The Bertz CT molecular complexity index is 461. The number of nitrogens with two attached hydrogens (primary N) is 1. The van der Waals surface area contributed by atoms with Crippen molar-refractivity contribution >= 4 is 0 Å². The van der Waals surface area contributed by atoms with E-state index in [0.29, 0.717) is 18.8 Å². The molecule has 1 saturated heterocycles. The van der Waals surface area contributed by atoms with E-state index in [-0.39, 0.29) is 0 Å². The summed E-state index contributed by atoms with van der Waals surface area (Å²) < 4.78 is 11.1. The zero-order valence-electron chi connectivity index (χ0n) is 11.0. The third kappa shape index (κ3) is 1.85. The standard InChI is InChI=1S/C14H20N2O2/c1-9-3-11(14-13(4-9)17-8-18-14)12-5-10(6-15)7-16(12)2/h3-4,10,12H,5-8,15H2,1-2H3. The molecule has 3 rings (SSSR count). The molecular formula is C14H20N2O2. The number of ether oxygens (including phenoxy) is 2. The van der Waals surface area contributed by atoms with Gasteiger partial charge in [0, 0.05) is 18.2 Å². The molecule has 0 saturated carbocycles. The molecule has 2 heterocycles. The van der Waals surface area contributed by atoms with Crippen LogP contribution in [0.1, 0.15) is 23.6 Å². The van der Waals surface area contributed by atoms with E-state index in [4.69, 9.17) is 15.2 Å². The second-order valence-electron chi connectivity index (χ2n) is 5.38. The molecule has 0 aliphatic carbocycles. The number of benzene rings is 1. The fourth-order valence-corrected chi connectivity index (χ4v) is 3.07. The molecule has 0 amide bonds. The highest BCUT2D eigenvalue weighted by Gasteiger charge is 2.33. The van der Waals surface area contributed by atoms with Crippen molar-refractivity contribution in [3.05, 3.63) is 23.3 Å². The maximum atomic E-state index is 5.80. The first kappa shape index (κ1) is 11.8. The zero-order chi connectivity index (χ0) is 12.7. The van der Waals surface area contributed by atoms with Crippen LogP contribution in [0.3, 0.4) is 0 Å². The quantitative estimate of drug-likeness (QED) is 0.865. The molecule has 0 radical (unpaired) electrons. The van der Waals surface area contributed by atoms with Crippen LogP contribution < -0.4 is 15.2 Å². The van der Waals surface area contributed by atoms with E-state index in [2.05, 4.69) is 24.9 Å². The van der Waals surface area contributed by atoms with Crippen LogP contribution in [-0.4, -0.2) is 31.8 Å². The van der Waals surface area contributed by atoms with Crippen LogP contribution in [0.4, 0.5) is 0 Å². The van der Waals surface area contributed by atoms with Crippen LogP contribution in [-0.2, 0) is 0 Å². The smallest absolute Gasteiger partial charge is 0.231 e. The van der Waals surface area contributed by atoms with Crippen molar-refractivity contribution in [3.63, 3.8) is 0 Å². The summed E-state index contributed by atoms with van der Waals surface area (Å²) in [4.78, 5) is 2.37. The highest BCUT2D eigenvalue weighted by molar-refractivity contribution is 5.52. The van der Waals surface area contributed by atoms with E-state index in [1.807, 2.05) is 6.07 Å². The fourth-order valence-electron chi connectivity index (χ4n) is 3.07. The van der Waals surface area contributed by atoms with Crippen LogP contribution >= 0.6 is 0 Å². The van der Waals surface area contributed by atoms with Crippen molar-refractivity contribution in [2.75, 3.05) is 26.9 Å². The zero-order valence-corrected chi connectivity index (χ0v) is 11.0. The van der Waals surface area contributed by atoms with Gasteiger partial charge in [0.25, 0.3) is 0 Å². The minimum absolute atomic E-state index is 0.336. The Morgan fingerprint density at radius 3 is 2.94 bits per heavy atom. The van der Waals surface area contributed by atoms with Crippen LogP contribution in [0, 0.1) is 12.8 Å². The Morgan fingerprint density at radius 2 is 2.22 bits per heavy atom. The number of nitrogens with zero attached hydrogens (tertiary/aromatic N) is 1. The molecule has 2 aliphatic heterocycles. The molecule has 18 heavy (non-hydrogen) atoms. The SMILES string of the molecule is Cc1cc2c(c(C3CC(CN)CN3C)c1)OCO2. The summed E-state index contributed by atoms with van der Waals surface area (Å²) in [6.07, 6.45) is 1.10. The molecular weight excluding hydrogens is 228 g/mol. The minimum atomic E-state index is 0.336. The van der Waals surface area contributed by atoms with E-state index < -0.39 is 0 Å². The van der Waals surface area contributed by atoms with Crippen LogP contribution in [0.15, 0.2) is 12.1 Å². The van der Waals surface area contributed by atoms with Gasteiger partial charge in [-0.1, -0.05) is 6.07 Å². The van der Waals surface area contributed by atoms with Gasteiger partial charge in [-0.3, -0.25) is 4.90 Å². The summed E-state index contributed by atoms with van der Waals surface area (Å²) in [7, 11) is 2.16. The Labute approximate surface area is 108 Å². The van der Waals surface area contributed by atoms with Crippen molar-refractivity contribution in [2.24, 2.45) is 11.7 Å². The van der Waals surface area contributed by atoms with Gasteiger partial charge in [0.05, 0.1) is 0 Å². The van der Waals surface area contributed by atoms with Crippen LogP contribution in [0.25, 0.3) is 0 Å². The molecule has 0 bridgehead atoms. The van der Waals surface area contributed by atoms with Gasteiger partial charge in [-0.2, -0.15) is 0 Å². The van der Waals surface area contributed by atoms with E-state index >= 15 is 0 Å². The monoisotopic (exact) mass is 248 g/mol. The highest BCUT2D eigenvalue weighted by atomic mass is 16.7. The predicted molar refractivity (Wildman–Crippen MR) is 69.8 cm³/mol. The first-order valence-corrected chi connectivity index (χ1v) is 6.49. The van der Waals surface area contributed by atoms with E-state index in [1.54, 1.807) is 0 Å². The normalized spacial score (nSPS) is 26.8. The van der Waals surface area contributed by atoms with Crippen molar-refractivity contribution in [1.82, 2.24) is 4.90 Å². The summed E-state index contributed by atoms with van der Waals surface area (Å²) in [5, 5.41) is 0. The largest absolute Gasteiger partial charge is 0.454 e. The minimum Gasteiger partial charge on any atom is -0.454 e. The lowest BCUT2D eigenvalue weighted by atomic mass is 9.97. The maximum Gasteiger partial charge on any atom is 0.231 e. The summed E-state index contributed by atoms with van der Waals surface area (Å²) in [6, 6.07) is 4.66. The predicted octanol–water partition coefficient (Wildman–Crippen LogP) is 1.68. The fraction of sp³-hybridized carbons (Fsp3) is 0.571. The molecule has 0 spiro atoms. The van der Waals surface area contributed by atoms with E-state index in [0.717, 1.165) is 31.0 Å². The number of hydrogen-bond acceptors (Lipinski definition) is 4. The number of aryl methyl sites for hydroxylation is 1. The molecule has 2 unspecified atom stereocenters. The summed E-state index contributed by atoms with van der Waals surface area (Å²) >= 11 is 0. The molecule has 1 aromatic carbocycles. The Morgan fingerprint density at radius 1 is 1.39 bits per heavy atom. The summed E-state index contributed by atoms with van der Waals surface area (Å²) in [5.74, 6) is 2.39. The lowest BCUT2D eigenvalue weighted by Gasteiger charge is -2.21. The van der Waals surface area contributed by atoms with Gasteiger partial charge < -0.3 is 15.2 Å². The number of rotatable bonds is 2. The second-order valence-corrected chi connectivity index (χ2v) is 5.38. The van der Waals surface area contributed by atoms with E-state index in [9.17, 15) is 0 Å².